The lowest BCUT2D eigenvalue weighted by atomic mass is 10.00. The number of piperidine rings is 1. The Labute approximate surface area is 671 Å². The summed E-state index contributed by atoms with van der Waals surface area (Å²) in [5, 5.41) is 19.1. The van der Waals surface area contributed by atoms with Crippen LogP contribution in [-0.2, 0) is 64.2 Å². The van der Waals surface area contributed by atoms with Crippen molar-refractivity contribution in [3.8, 4) is 5.75 Å². The van der Waals surface area contributed by atoms with Crippen LogP contribution in [0.15, 0.2) is 73.6 Å². The molecule has 11 aromatic rings. The molecular weight excluding hydrogens is 1550 g/mol. The Kier molecular flexibility index (Phi) is 22.8. The van der Waals surface area contributed by atoms with Gasteiger partial charge in [0, 0.05) is 130 Å². The molecule has 0 spiro atoms. The summed E-state index contributed by atoms with van der Waals surface area (Å²) in [7, 11) is 5.31. The Morgan fingerprint density at radius 2 is 0.991 bits per heavy atom. The molecular formula is C75H78Cl4N28O7. The molecule has 0 unspecified atom stereocenters. The van der Waals surface area contributed by atoms with Crippen LogP contribution in [0.4, 0.5) is 47.1 Å². The highest BCUT2D eigenvalue weighted by Gasteiger charge is 2.42. The van der Waals surface area contributed by atoms with Crippen LogP contribution in [-0.4, -0.2) is 174 Å². The number of ether oxygens (including phenoxy) is 2. The van der Waals surface area contributed by atoms with Crippen molar-refractivity contribution in [2.75, 3.05) is 82.5 Å². The third-order valence-corrected chi connectivity index (χ3v) is 20.9. The van der Waals surface area contributed by atoms with Crippen molar-refractivity contribution >= 4 is 164 Å². The molecule has 0 bridgehead atoms. The molecule has 2 saturated heterocycles. The number of halogens is 4. The normalized spacial score (nSPS) is 16.9. The van der Waals surface area contributed by atoms with Crippen molar-refractivity contribution in [1.29, 1.82) is 0 Å². The predicted octanol–water partition coefficient (Wildman–Crippen LogP) is 8.59. The molecule has 588 valence electrons. The van der Waals surface area contributed by atoms with Crippen molar-refractivity contribution < 1.29 is 33.8 Å². The topological polar surface area (TPSA) is 468 Å². The molecule has 0 atom stereocenters. The van der Waals surface area contributed by atoms with Crippen molar-refractivity contribution in [2.45, 2.75) is 85.7 Å². The second-order valence-electron chi connectivity index (χ2n) is 27.5. The largest absolute Gasteiger partial charge is 0.496 e. The number of H-pyrrole nitrogens is 4. The zero-order valence-electron chi connectivity index (χ0n) is 62.7. The number of aromatic amines is 4. The number of aliphatic hydroxyl groups is 1. The maximum absolute atomic E-state index is 13.7. The summed E-state index contributed by atoms with van der Waals surface area (Å²) >= 11 is 25.3. The summed E-state index contributed by atoms with van der Waals surface area (Å²) in [6, 6.07) is 11.3. The Morgan fingerprint density at radius 3 is 1.42 bits per heavy atom. The minimum absolute atomic E-state index is 0.00278. The summed E-state index contributed by atoms with van der Waals surface area (Å²) in [4.78, 5) is 120. The van der Waals surface area contributed by atoms with Crippen LogP contribution in [0.5, 0.6) is 5.75 Å². The van der Waals surface area contributed by atoms with E-state index < -0.39 is 0 Å². The molecule has 0 saturated carbocycles. The van der Waals surface area contributed by atoms with Gasteiger partial charge in [0.1, 0.15) is 38.0 Å². The van der Waals surface area contributed by atoms with Crippen molar-refractivity contribution in [3.05, 3.63) is 185 Å². The van der Waals surface area contributed by atoms with E-state index in [4.69, 9.17) is 78.8 Å². The number of carbonyl (C=O) groups is 4. The molecule has 0 aliphatic carbocycles. The number of fused-ring (bicyclic) bond motifs is 4. The smallest absolute Gasteiger partial charge is 0.260 e. The number of aliphatic hydroxyl groups excluding tert-OH is 1. The van der Waals surface area contributed by atoms with E-state index in [0.717, 1.165) is 109 Å². The first-order valence-corrected chi connectivity index (χ1v) is 37.5. The lowest BCUT2D eigenvalue weighted by Gasteiger charge is -2.28. The molecule has 4 amide bonds. The number of likely N-dealkylation sites (tertiary alicyclic amines) is 1. The Bertz CT molecular complexity index is 5440. The molecule has 0 radical (unpaired) electrons. The molecule has 39 heteroatoms. The Balaban J connectivity index is 0.000000128. The van der Waals surface area contributed by atoms with Gasteiger partial charge in [-0.2, -0.15) is 30.1 Å². The lowest BCUT2D eigenvalue weighted by molar-refractivity contribution is -0.114. The number of amides is 4. The zero-order chi connectivity index (χ0) is 80.5. The highest BCUT2D eigenvalue weighted by molar-refractivity contribution is 6.44. The van der Waals surface area contributed by atoms with Gasteiger partial charge >= 0.3 is 0 Å². The third-order valence-electron chi connectivity index (χ3n) is 19.8. The van der Waals surface area contributed by atoms with Crippen molar-refractivity contribution in [2.24, 2.45) is 20.0 Å². The summed E-state index contributed by atoms with van der Waals surface area (Å²) in [5.74, 6) is 2.86. The van der Waals surface area contributed by atoms with Crippen LogP contribution in [0, 0.1) is 33.6 Å². The minimum atomic E-state index is -0.305. The predicted molar refractivity (Wildman–Crippen MR) is 432 cm³/mol. The highest BCUT2D eigenvalue weighted by atomic mass is 35.5. The monoisotopic (exact) mass is 1620 g/mol. The van der Waals surface area contributed by atoms with Gasteiger partial charge in [-0.3, -0.25) is 58.0 Å². The van der Waals surface area contributed by atoms with Gasteiger partial charge in [0.25, 0.3) is 23.6 Å². The number of nitrogens with one attached hydrogen (secondary N) is 4. The third kappa shape index (κ3) is 16.5. The van der Waals surface area contributed by atoms with E-state index in [2.05, 4.69) is 89.9 Å². The standard InChI is InChI=1S/C25H29ClN8O3.C17H16ClN7O.C17H18ClN5O2.C16H15ClN8O/c1-13-9-28-18(14(2)21(13)37-3)12-34-23-20(22(26)31-25(27)32-23)17(24(34)36)8-19-29-10-15(30-19)11-33-6-4-16(35)5-7-33;1-9-6-11(23-24(9)2)8-25-15-13(14(18)21-17(19)22-15)12(16(25)26)7-10-4-3-5-20-10;18-14-13-12(8-11-2-1-5-20-11)16(24)23(15(13)22-17(19)21-14)9-10-3-6-25-7-4-10;1-8-5-9(23-24(8)2)7-25-14-12(13(17)21-16(18)22-14)10(15(25)26)6-11-19-3-4-20-11/h8-10,16,35H,4-7,11-12H2,1-3H3,(H,29,30)(H2,27,31,32);3-7,20H,8H2,1-2H3,(H2,19,21,22);1-2,5,8,10,20H,3-4,6-7,9H2,(H2,19,21,22);3-6H,7H2,1-2H3,(H,19,20)(H2,18,21,22)/b17-8-;12-7-;12-8-;10-6-. The van der Waals surface area contributed by atoms with Crippen LogP contribution in [0.2, 0.25) is 20.6 Å². The quantitative estimate of drug-likeness (QED) is 0.0342. The van der Waals surface area contributed by atoms with Gasteiger partial charge in [-0.15, -0.1) is 0 Å². The average molecular weight is 1630 g/mol. The van der Waals surface area contributed by atoms with E-state index >= 15 is 0 Å². The molecule has 35 nitrogen and oxygen atoms in total. The number of pyridine rings is 1. The summed E-state index contributed by atoms with van der Waals surface area (Å²) < 4.78 is 14.4. The number of methoxy groups -OCH3 is 1. The van der Waals surface area contributed by atoms with E-state index in [1.165, 1.54) is 14.7 Å². The number of imidazole rings is 2. The fraction of sp³-hybridized carbons (Fsp3) is 0.293. The van der Waals surface area contributed by atoms with Crippen LogP contribution in [0.3, 0.4) is 0 Å². The first kappa shape index (κ1) is 78.4. The summed E-state index contributed by atoms with van der Waals surface area (Å²) in [6.45, 7) is 12.7. The van der Waals surface area contributed by atoms with Gasteiger partial charge in [-0.25, -0.2) is 29.9 Å². The number of nitrogen functional groups attached to an aromatic ring is 4. The van der Waals surface area contributed by atoms with E-state index in [0.29, 0.717) is 104 Å². The number of nitrogens with zero attached hydrogens (tertiary/aromatic N) is 20. The Morgan fingerprint density at radius 1 is 0.544 bits per heavy atom. The van der Waals surface area contributed by atoms with Crippen molar-refractivity contribution in [3.63, 3.8) is 0 Å². The van der Waals surface area contributed by atoms with Gasteiger partial charge in [0.2, 0.25) is 23.8 Å². The second kappa shape index (κ2) is 33.2. The van der Waals surface area contributed by atoms with Gasteiger partial charge in [-0.05, 0) is 120 Å². The van der Waals surface area contributed by atoms with E-state index in [1.54, 1.807) is 82.9 Å². The number of rotatable bonds is 15. The fourth-order valence-electron chi connectivity index (χ4n) is 14.0. The van der Waals surface area contributed by atoms with E-state index in [1.807, 2.05) is 78.2 Å². The first-order chi connectivity index (χ1) is 54.7. The molecule has 6 aliphatic heterocycles. The number of aryl methyl sites for hydroxylation is 5. The lowest BCUT2D eigenvalue weighted by Crippen LogP contribution is -2.35. The SMILES string of the molecule is COc1c(C)cnc(CN2C(=O)/C(=C\c3ncc(CN4CCC(O)CC4)[nH]3)c3c(Cl)nc(N)nc32)c1C.Cc1cc(CN2C(=O)/C(=C\c3ccc[nH]3)c3c(Cl)nc(N)nc32)nn1C.Cc1cc(CN2C(=O)/C(=C\c3ncc[nH]3)c3c(Cl)nc(N)nc32)nn1C.Nc1nc(Cl)c2c(n1)N(CC1CCOCC1)C(=O)/C2=C\c1ccc[nH]1. The molecule has 17 rings (SSSR count). The molecule has 2 fully saturated rings. The molecule has 6 aliphatic rings. The van der Waals surface area contributed by atoms with Gasteiger partial charge in [0.05, 0.1) is 94.5 Å². The molecule has 13 N–H and O–H groups in total. The summed E-state index contributed by atoms with van der Waals surface area (Å²) in [6.07, 6.45) is 20.2. The average Bonchev–Trinajstić information content (AvgIpc) is 1.62. The highest BCUT2D eigenvalue weighted by Crippen LogP contribution is 2.46. The van der Waals surface area contributed by atoms with Crippen LogP contribution in [0.1, 0.15) is 116 Å². The maximum Gasteiger partial charge on any atom is 0.260 e. The van der Waals surface area contributed by atoms with Crippen LogP contribution in [0.25, 0.3) is 46.6 Å². The maximum atomic E-state index is 13.7. The van der Waals surface area contributed by atoms with Gasteiger partial charge in [0.15, 0.2) is 23.3 Å². The number of carbonyl (C=O) groups excluding carboxylic acids is 4. The number of aromatic nitrogens is 19. The van der Waals surface area contributed by atoms with E-state index in [9.17, 15) is 24.3 Å². The van der Waals surface area contributed by atoms with Crippen LogP contribution < -0.4 is 47.3 Å². The molecule has 17 heterocycles. The van der Waals surface area contributed by atoms with E-state index in [-0.39, 0.29) is 93.8 Å². The zero-order valence-corrected chi connectivity index (χ0v) is 65.8. The number of nitrogens with two attached hydrogens (primary N) is 4. The van der Waals surface area contributed by atoms with Gasteiger partial charge in [-0.1, -0.05) is 46.4 Å². The fourth-order valence-corrected chi connectivity index (χ4v) is 15.1. The Hall–Kier alpha value is -12.3. The number of hydrogen-bond donors (Lipinski definition) is 9. The molecule has 11 aromatic heterocycles. The van der Waals surface area contributed by atoms with Crippen LogP contribution >= 0.6 is 46.4 Å². The first-order valence-electron chi connectivity index (χ1n) is 36.0. The summed E-state index contributed by atoms with van der Waals surface area (Å²) in [5.41, 5.74) is 35.0. The minimum Gasteiger partial charge on any atom is -0.496 e. The molecule has 0 aromatic carbocycles. The van der Waals surface area contributed by atoms with Crippen molar-refractivity contribution in [1.82, 2.24) is 99.2 Å². The number of hydrogen-bond acceptors (Lipinski definition) is 25. The number of anilines is 8. The second-order valence-corrected chi connectivity index (χ2v) is 29.0. The molecule has 114 heavy (non-hydrogen) atoms. The van der Waals surface area contributed by atoms with Gasteiger partial charge < -0.3 is 57.5 Å².